The van der Waals surface area contributed by atoms with Crippen molar-refractivity contribution in [1.29, 1.82) is 0 Å². The molecule has 0 spiro atoms. The van der Waals surface area contributed by atoms with Crippen molar-refractivity contribution in [3.63, 3.8) is 0 Å². The van der Waals surface area contributed by atoms with Crippen LogP contribution in [0.1, 0.15) is 24.4 Å². The van der Waals surface area contributed by atoms with Gasteiger partial charge in [-0.1, -0.05) is 17.7 Å². The van der Waals surface area contributed by atoms with Crippen LogP contribution in [0.5, 0.6) is 0 Å². The third-order valence-corrected chi connectivity index (χ3v) is 3.12. The fourth-order valence-corrected chi connectivity index (χ4v) is 1.86. The number of benzene rings is 1. The van der Waals surface area contributed by atoms with E-state index in [1.165, 1.54) is 6.07 Å². The molecule has 2 N–H and O–H groups in total. The molecule has 0 radical (unpaired) electrons. The minimum absolute atomic E-state index is 0.0757. The molecule has 0 amide bonds. The Morgan fingerprint density at radius 1 is 1.50 bits per heavy atom. The molecule has 1 aromatic carbocycles. The summed E-state index contributed by atoms with van der Waals surface area (Å²) in [5.74, 6) is 0.561. The van der Waals surface area contributed by atoms with Crippen molar-refractivity contribution in [3.8, 4) is 0 Å². The first kappa shape index (κ1) is 13.1. The van der Waals surface area contributed by atoms with Crippen LogP contribution in [0.2, 0.25) is 5.02 Å². The predicted molar refractivity (Wildman–Crippen MR) is 70.1 cm³/mol. The van der Waals surface area contributed by atoms with Crippen LogP contribution in [0.15, 0.2) is 30.6 Å². The van der Waals surface area contributed by atoms with Gasteiger partial charge >= 0.3 is 0 Å². The van der Waals surface area contributed by atoms with Crippen molar-refractivity contribution >= 4 is 11.6 Å². The minimum Gasteiger partial charge on any atom is -0.349 e. The molecule has 3 nitrogen and oxygen atoms in total. The first-order valence-corrected chi connectivity index (χ1v) is 6.21. The largest absolute Gasteiger partial charge is 0.349 e. The van der Waals surface area contributed by atoms with Crippen LogP contribution in [-0.2, 0) is 6.42 Å². The quantitative estimate of drug-likeness (QED) is 0.874. The Bertz CT molecular complexity index is 499. The maximum Gasteiger partial charge on any atom is 0.142 e. The molecule has 0 saturated carbocycles. The zero-order valence-corrected chi connectivity index (χ0v) is 10.8. The number of nitrogens with zero attached hydrogens (tertiary/aromatic N) is 1. The fraction of sp³-hybridized carbons (Fsp3) is 0.308. The topological polar surface area (TPSA) is 40.7 Å². The van der Waals surface area contributed by atoms with Gasteiger partial charge in [-0.2, -0.15) is 0 Å². The van der Waals surface area contributed by atoms with Crippen LogP contribution < -0.4 is 5.32 Å². The zero-order chi connectivity index (χ0) is 13.0. The molecule has 0 saturated heterocycles. The van der Waals surface area contributed by atoms with Gasteiger partial charge in [0.15, 0.2) is 0 Å². The van der Waals surface area contributed by atoms with E-state index in [-0.39, 0.29) is 16.9 Å². The molecule has 0 bridgehead atoms. The number of halogens is 2. The Kier molecular flexibility index (Phi) is 4.33. The third kappa shape index (κ3) is 3.31. The number of hydrogen-bond acceptors (Lipinski definition) is 2. The van der Waals surface area contributed by atoms with Crippen LogP contribution in [0, 0.1) is 5.82 Å². The SMILES string of the molecule is CC(NCCc1ncc[nH]1)c1ccc(Cl)c(F)c1. The maximum absolute atomic E-state index is 13.3. The monoisotopic (exact) mass is 267 g/mol. The average molecular weight is 268 g/mol. The molecule has 18 heavy (non-hydrogen) atoms. The van der Waals surface area contributed by atoms with E-state index in [1.807, 2.05) is 13.0 Å². The van der Waals surface area contributed by atoms with Gasteiger partial charge in [0.1, 0.15) is 11.6 Å². The number of aromatic nitrogens is 2. The Morgan fingerprint density at radius 2 is 2.33 bits per heavy atom. The lowest BCUT2D eigenvalue weighted by atomic mass is 10.1. The Hall–Kier alpha value is -1.39. The standard InChI is InChI=1S/C13H15ClFN3/c1-9(10-2-3-11(14)12(15)8-10)16-5-4-13-17-6-7-18-13/h2-3,6-9,16H,4-5H2,1H3,(H,17,18). The fourth-order valence-electron chi connectivity index (χ4n) is 1.74. The molecular weight excluding hydrogens is 253 g/mol. The highest BCUT2D eigenvalue weighted by Gasteiger charge is 2.08. The number of imidazole rings is 1. The van der Waals surface area contributed by atoms with Gasteiger partial charge in [-0.05, 0) is 24.6 Å². The molecule has 5 heteroatoms. The number of hydrogen-bond donors (Lipinski definition) is 2. The Morgan fingerprint density at radius 3 is 3.00 bits per heavy atom. The second-order valence-electron chi connectivity index (χ2n) is 4.14. The van der Waals surface area contributed by atoms with Gasteiger partial charge in [-0.15, -0.1) is 0 Å². The van der Waals surface area contributed by atoms with Crippen molar-refractivity contribution < 1.29 is 4.39 Å². The lowest BCUT2D eigenvalue weighted by Gasteiger charge is -2.14. The van der Waals surface area contributed by atoms with E-state index < -0.39 is 0 Å². The Labute approximate surface area is 110 Å². The second kappa shape index (κ2) is 5.98. The van der Waals surface area contributed by atoms with Crippen LogP contribution in [0.4, 0.5) is 4.39 Å². The maximum atomic E-state index is 13.3. The van der Waals surface area contributed by atoms with Gasteiger partial charge in [-0.3, -0.25) is 0 Å². The highest BCUT2D eigenvalue weighted by atomic mass is 35.5. The molecule has 0 aliphatic carbocycles. The van der Waals surface area contributed by atoms with E-state index >= 15 is 0 Å². The smallest absolute Gasteiger partial charge is 0.142 e. The summed E-state index contributed by atoms with van der Waals surface area (Å²) >= 11 is 5.65. The van der Waals surface area contributed by atoms with Crippen LogP contribution >= 0.6 is 11.6 Å². The zero-order valence-electron chi connectivity index (χ0n) is 10.1. The summed E-state index contributed by atoms with van der Waals surface area (Å²) < 4.78 is 13.3. The van der Waals surface area contributed by atoms with E-state index in [2.05, 4.69) is 15.3 Å². The molecule has 0 aliphatic rings. The third-order valence-electron chi connectivity index (χ3n) is 2.81. The molecule has 2 rings (SSSR count). The van der Waals surface area contributed by atoms with Crippen LogP contribution in [0.25, 0.3) is 0 Å². The highest BCUT2D eigenvalue weighted by Crippen LogP contribution is 2.19. The van der Waals surface area contributed by atoms with Gasteiger partial charge in [0.2, 0.25) is 0 Å². The number of rotatable bonds is 5. The van der Waals surface area contributed by atoms with E-state index in [0.29, 0.717) is 0 Å². The summed E-state index contributed by atoms with van der Waals surface area (Å²) in [6.07, 6.45) is 4.34. The number of nitrogens with one attached hydrogen (secondary N) is 2. The van der Waals surface area contributed by atoms with Crippen molar-refractivity contribution in [3.05, 3.63) is 52.8 Å². The van der Waals surface area contributed by atoms with Gasteiger partial charge in [-0.25, -0.2) is 9.37 Å². The average Bonchev–Trinajstić information content (AvgIpc) is 2.85. The van der Waals surface area contributed by atoms with Crippen molar-refractivity contribution in [2.45, 2.75) is 19.4 Å². The van der Waals surface area contributed by atoms with Crippen molar-refractivity contribution in [2.75, 3.05) is 6.54 Å². The molecule has 1 atom stereocenters. The van der Waals surface area contributed by atoms with Gasteiger partial charge in [0.05, 0.1) is 5.02 Å². The molecule has 1 heterocycles. The molecule has 0 aliphatic heterocycles. The highest BCUT2D eigenvalue weighted by molar-refractivity contribution is 6.30. The van der Waals surface area contributed by atoms with E-state index in [9.17, 15) is 4.39 Å². The summed E-state index contributed by atoms with van der Waals surface area (Å²) in [5.41, 5.74) is 0.886. The van der Waals surface area contributed by atoms with Crippen LogP contribution in [0.3, 0.4) is 0 Å². The molecule has 1 aromatic heterocycles. The summed E-state index contributed by atoms with van der Waals surface area (Å²) in [7, 11) is 0. The molecule has 2 aromatic rings. The van der Waals surface area contributed by atoms with Gasteiger partial charge in [0, 0.05) is 31.4 Å². The van der Waals surface area contributed by atoms with E-state index in [4.69, 9.17) is 11.6 Å². The summed E-state index contributed by atoms with van der Waals surface area (Å²) in [5, 5.41) is 3.47. The minimum atomic E-state index is -0.381. The lowest BCUT2D eigenvalue weighted by Crippen LogP contribution is -2.21. The van der Waals surface area contributed by atoms with Gasteiger partial charge < -0.3 is 10.3 Å². The molecule has 1 unspecified atom stereocenters. The van der Waals surface area contributed by atoms with Crippen molar-refractivity contribution in [2.24, 2.45) is 0 Å². The molecule has 0 fully saturated rings. The van der Waals surface area contributed by atoms with Crippen LogP contribution in [-0.4, -0.2) is 16.5 Å². The first-order chi connectivity index (χ1) is 8.66. The number of H-pyrrole nitrogens is 1. The predicted octanol–water partition coefficient (Wildman–Crippen LogP) is 3.10. The molecule has 96 valence electrons. The van der Waals surface area contributed by atoms with E-state index in [1.54, 1.807) is 18.5 Å². The van der Waals surface area contributed by atoms with Crippen molar-refractivity contribution in [1.82, 2.24) is 15.3 Å². The molecular formula is C13H15ClFN3. The summed E-state index contributed by atoms with van der Waals surface area (Å²) in [6, 6.07) is 4.95. The first-order valence-electron chi connectivity index (χ1n) is 5.83. The lowest BCUT2D eigenvalue weighted by molar-refractivity contribution is 0.563. The number of aromatic amines is 1. The van der Waals surface area contributed by atoms with E-state index in [0.717, 1.165) is 24.4 Å². The van der Waals surface area contributed by atoms with Gasteiger partial charge in [0.25, 0.3) is 0 Å². The normalized spacial score (nSPS) is 12.6. The Balaban J connectivity index is 1.87. The summed E-state index contributed by atoms with van der Waals surface area (Å²) in [4.78, 5) is 7.18. The summed E-state index contributed by atoms with van der Waals surface area (Å²) in [6.45, 7) is 2.77. The second-order valence-corrected chi connectivity index (χ2v) is 4.54.